The summed E-state index contributed by atoms with van der Waals surface area (Å²) in [6, 6.07) is 0. The van der Waals surface area contributed by atoms with Crippen LogP contribution in [0.4, 0.5) is 0 Å². The number of carbonyl (C=O) groups excluding carboxylic acids is 1. The third-order valence-electron chi connectivity index (χ3n) is 2.87. The summed E-state index contributed by atoms with van der Waals surface area (Å²) in [5.74, 6) is 1.20. The van der Waals surface area contributed by atoms with Crippen LogP contribution in [0, 0.1) is 5.92 Å². The summed E-state index contributed by atoms with van der Waals surface area (Å²) in [4.78, 5) is 17.3. The van der Waals surface area contributed by atoms with E-state index in [4.69, 9.17) is 5.73 Å². The van der Waals surface area contributed by atoms with Gasteiger partial charge < -0.3 is 16.0 Å². The molecule has 1 heterocycles. The van der Waals surface area contributed by atoms with Gasteiger partial charge in [-0.1, -0.05) is 6.92 Å². The minimum absolute atomic E-state index is 0.0733. The topological polar surface area (TPSA) is 70.7 Å². The van der Waals surface area contributed by atoms with Crippen molar-refractivity contribution in [3.05, 3.63) is 0 Å². The first kappa shape index (κ1) is 12.8. The molecule has 16 heavy (non-hydrogen) atoms. The van der Waals surface area contributed by atoms with E-state index in [0.717, 1.165) is 31.8 Å². The Morgan fingerprint density at radius 1 is 1.50 bits per heavy atom. The number of carbonyl (C=O) groups is 1. The number of piperidine rings is 1. The van der Waals surface area contributed by atoms with Crippen LogP contribution >= 0.6 is 0 Å². The number of likely N-dealkylation sites (tertiary alicyclic amines) is 1. The Morgan fingerprint density at radius 2 is 2.12 bits per heavy atom. The fourth-order valence-electron chi connectivity index (χ4n) is 1.74. The zero-order valence-corrected chi connectivity index (χ0v) is 10.2. The summed E-state index contributed by atoms with van der Waals surface area (Å²) < 4.78 is 0. The van der Waals surface area contributed by atoms with Crippen LogP contribution < -0.4 is 11.1 Å². The average Bonchev–Trinajstić information content (AvgIpc) is 2.27. The zero-order valence-electron chi connectivity index (χ0n) is 10.2. The number of likely N-dealkylation sites (N-methyl/N-ethyl adjacent to an activating group) is 1. The van der Waals surface area contributed by atoms with Crippen LogP contribution in [-0.2, 0) is 4.79 Å². The highest BCUT2D eigenvalue weighted by molar-refractivity contribution is 5.84. The summed E-state index contributed by atoms with van der Waals surface area (Å²) >= 11 is 0. The van der Waals surface area contributed by atoms with Crippen LogP contribution in [0.25, 0.3) is 0 Å². The molecule has 92 valence electrons. The van der Waals surface area contributed by atoms with E-state index < -0.39 is 0 Å². The highest BCUT2D eigenvalue weighted by Crippen LogP contribution is 2.15. The maximum Gasteiger partial charge on any atom is 0.241 e. The van der Waals surface area contributed by atoms with Gasteiger partial charge in [-0.15, -0.1) is 0 Å². The van der Waals surface area contributed by atoms with E-state index in [1.165, 1.54) is 0 Å². The summed E-state index contributed by atoms with van der Waals surface area (Å²) in [6.45, 7) is 6.80. The Hall–Kier alpha value is -1.26. The predicted molar refractivity (Wildman–Crippen MR) is 65.1 cm³/mol. The number of aliphatic imine (C=N–C) groups is 1. The summed E-state index contributed by atoms with van der Waals surface area (Å²) in [5.41, 5.74) is 5.83. The first-order valence-electron chi connectivity index (χ1n) is 5.95. The van der Waals surface area contributed by atoms with Crippen LogP contribution in [0.2, 0.25) is 0 Å². The maximum atomic E-state index is 11.2. The normalized spacial score (nSPS) is 18.6. The van der Waals surface area contributed by atoms with Crippen molar-refractivity contribution < 1.29 is 4.79 Å². The Labute approximate surface area is 97.1 Å². The summed E-state index contributed by atoms with van der Waals surface area (Å²) in [7, 11) is 0. The standard InChI is InChI=1S/C11H22N4O/c1-3-13-10(16)8-14-11(12)15-6-4-9(2)5-7-15/h9H,3-8H2,1-2H3,(H2,12,14)(H,13,16). The highest BCUT2D eigenvalue weighted by Gasteiger charge is 2.16. The molecule has 3 N–H and O–H groups in total. The van der Waals surface area contributed by atoms with Crippen LogP contribution in [0.5, 0.6) is 0 Å². The molecule has 1 amide bonds. The molecule has 0 unspecified atom stereocenters. The third kappa shape index (κ3) is 4.08. The number of nitrogens with zero attached hydrogens (tertiary/aromatic N) is 2. The van der Waals surface area contributed by atoms with E-state index in [1.807, 2.05) is 6.92 Å². The van der Waals surface area contributed by atoms with Crippen LogP contribution in [0.15, 0.2) is 4.99 Å². The first-order valence-corrected chi connectivity index (χ1v) is 5.95. The lowest BCUT2D eigenvalue weighted by molar-refractivity contribution is -0.119. The van der Waals surface area contributed by atoms with Gasteiger partial charge >= 0.3 is 0 Å². The lowest BCUT2D eigenvalue weighted by Gasteiger charge is -2.30. The van der Waals surface area contributed by atoms with E-state index in [9.17, 15) is 4.79 Å². The minimum Gasteiger partial charge on any atom is -0.370 e. The van der Waals surface area contributed by atoms with Crippen molar-refractivity contribution in [3.63, 3.8) is 0 Å². The second kappa shape index (κ2) is 6.35. The molecule has 0 aromatic rings. The molecule has 0 saturated carbocycles. The monoisotopic (exact) mass is 226 g/mol. The van der Waals surface area contributed by atoms with Crippen molar-refractivity contribution >= 4 is 11.9 Å². The van der Waals surface area contributed by atoms with Crippen molar-refractivity contribution in [2.75, 3.05) is 26.2 Å². The molecule has 1 aliphatic heterocycles. The maximum absolute atomic E-state index is 11.2. The van der Waals surface area contributed by atoms with Crippen LogP contribution in [0.1, 0.15) is 26.7 Å². The number of guanidine groups is 1. The Morgan fingerprint density at radius 3 is 2.69 bits per heavy atom. The van der Waals surface area contributed by atoms with Crippen LogP contribution in [-0.4, -0.2) is 42.9 Å². The van der Waals surface area contributed by atoms with Crippen molar-refractivity contribution in [2.24, 2.45) is 16.6 Å². The fourth-order valence-corrected chi connectivity index (χ4v) is 1.74. The van der Waals surface area contributed by atoms with Gasteiger partial charge in [0.05, 0.1) is 0 Å². The quantitative estimate of drug-likeness (QED) is 0.532. The van der Waals surface area contributed by atoms with E-state index in [-0.39, 0.29) is 12.5 Å². The minimum atomic E-state index is -0.0733. The molecule has 1 rings (SSSR count). The van der Waals surface area contributed by atoms with Gasteiger partial charge in [-0.3, -0.25) is 4.79 Å². The molecule has 0 aliphatic carbocycles. The Balaban J connectivity index is 2.35. The molecule has 1 fully saturated rings. The molecule has 5 heteroatoms. The number of rotatable bonds is 3. The lowest BCUT2D eigenvalue weighted by atomic mass is 10.00. The SMILES string of the molecule is CCNC(=O)CN=C(N)N1CCC(C)CC1. The van der Waals surface area contributed by atoms with Gasteiger partial charge in [0.2, 0.25) is 5.91 Å². The largest absolute Gasteiger partial charge is 0.370 e. The van der Waals surface area contributed by atoms with Gasteiger partial charge in [-0.05, 0) is 25.7 Å². The van der Waals surface area contributed by atoms with Crippen molar-refractivity contribution in [1.29, 1.82) is 0 Å². The summed E-state index contributed by atoms with van der Waals surface area (Å²) in [5, 5.41) is 2.69. The van der Waals surface area contributed by atoms with Crippen molar-refractivity contribution in [1.82, 2.24) is 10.2 Å². The van der Waals surface area contributed by atoms with Gasteiger partial charge in [0.25, 0.3) is 0 Å². The summed E-state index contributed by atoms with van der Waals surface area (Å²) in [6.07, 6.45) is 2.30. The number of hydrogen-bond acceptors (Lipinski definition) is 2. The number of nitrogens with two attached hydrogens (primary N) is 1. The zero-order chi connectivity index (χ0) is 12.0. The molecule has 5 nitrogen and oxygen atoms in total. The second-order valence-corrected chi connectivity index (χ2v) is 4.30. The molecule has 1 aliphatic rings. The van der Waals surface area contributed by atoms with Crippen LogP contribution in [0.3, 0.4) is 0 Å². The molecule has 0 aromatic carbocycles. The van der Waals surface area contributed by atoms with Gasteiger partial charge in [-0.25, -0.2) is 4.99 Å². The number of amides is 1. The van der Waals surface area contributed by atoms with Gasteiger partial charge in [-0.2, -0.15) is 0 Å². The van der Waals surface area contributed by atoms with E-state index >= 15 is 0 Å². The van der Waals surface area contributed by atoms with Gasteiger partial charge in [0.1, 0.15) is 6.54 Å². The molecule has 0 aromatic heterocycles. The van der Waals surface area contributed by atoms with Crippen molar-refractivity contribution in [2.45, 2.75) is 26.7 Å². The molecular weight excluding hydrogens is 204 g/mol. The lowest BCUT2D eigenvalue weighted by Crippen LogP contribution is -2.43. The Bertz CT molecular complexity index is 257. The van der Waals surface area contributed by atoms with E-state index in [2.05, 4.69) is 22.1 Å². The third-order valence-corrected chi connectivity index (χ3v) is 2.87. The molecule has 0 spiro atoms. The van der Waals surface area contributed by atoms with E-state index in [1.54, 1.807) is 0 Å². The van der Waals surface area contributed by atoms with Gasteiger partial charge in [0, 0.05) is 19.6 Å². The highest BCUT2D eigenvalue weighted by atomic mass is 16.1. The predicted octanol–water partition coefficient (Wildman–Crippen LogP) is 0.169. The molecule has 1 saturated heterocycles. The van der Waals surface area contributed by atoms with Gasteiger partial charge in [0.15, 0.2) is 5.96 Å². The van der Waals surface area contributed by atoms with E-state index in [0.29, 0.717) is 12.5 Å². The fraction of sp³-hybridized carbons (Fsp3) is 0.818. The molecular formula is C11H22N4O. The number of hydrogen-bond donors (Lipinski definition) is 2. The molecule has 0 atom stereocenters. The molecule has 0 bridgehead atoms. The first-order chi connectivity index (χ1) is 7.63. The Kier molecular flexibility index (Phi) is 5.08. The van der Waals surface area contributed by atoms with Crippen molar-refractivity contribution in [3.8, 4) is 0 Å². The molecule has 0 radical (unpaired) electrons. The average molecular weight is 226 g/mol. The number of nitrogens with one attached hydrogen (secondary N) is 1. The smallest absolute Gasteiger partial charge is 0.241 e. The second-order valence-electron chi connectivity index (χ2n) is 4.30.